The highest BCUT2D eigenvalue weighted by molar-refractivity contribution is 5.33. The van der Waals surface area contributed by atoms with Gasteiger partial charge in [0.1, 0.15) is 5.75 Å². The van der Waals surface area contributed by atoms with Crippen molar-refractivity contribution in [2.75, 3.05) is 27.2 Å². The third-order valence-electron chi connectivity index (χ3n) is 4.67. The van der Waals surface area contributed by atoms with Gasteiger partial charge in [-0.25, -0.2) is 0 Å². The van der Waals surface area contributed by atoms with Crippen LogP contribution in [0.3, 0.4) is 0 Å². The number of methoxy groups -OCH3 is 1. The van der Waals surface area contributed by atoms with Gasteiger partial charge in [-0.1, -0.05) is 25.1 Å². The van der Waals surface area contributed by atoms with Crippen molar-refractivity contribution in [3.8, 4) is 5.75 Å². The van der Waals surface area contributed by atoms with Crippen LogP contribution in [0.2, 0.25) is 0 Å². The van der Waals surface area contributed by atoms with E-state index in [9.17, 15) is 0 Å². The van der Waals surface area contributed by atoms with Gasteiger partial charge in [0.2, 0.25) is 0 Å². The minimum absolute atomic E-state index is 0.525. The lowest BCUT2D eigenvalue weighted by Gasteiger charge is -2.40. The largest absolute Gasteiger partial charge is 0.496 e. The zero-order valence-corrected chi connectivity index (χ0v) is 13.2. The van der Waals surface area contributed by atoms with Crippen LogP contribution in [-0.2, 0) is 6.42 Å². The second kappa shape index (κ2) is 7.09. The molecule has 0 bridgehead atoms. The van der Waals surface area contributed by atoms with Gasteiger partial charge in [0.05, 0.1) is 7.11 Å². The van der Waals surface area contributed by atoms with E-state index in [1.807, 2.05) is 6.07 Å². The number of likely N-dealkylation sites (N-methyl/N-ethyl adjacent to an activating group) is 1. The summed E-state index contributed by atoms with van der Waals surface area (Å²) in [5, 5.41) is 3.48. The molecule has 3 atom stereocenters. The Hall–Kier alpha value is -1.06. The van der Waals surface area contributed by atoms with Crippen molar-refractivity contribution < 1.29 is 4.74 Å². The summed E-state index contributed by atoms with van der Waals surface area (Å²) in [5.74, 6) is 1.72. The number of nitrogens with one attached hydrogen (secondary N) is 1. The highest BCUT2D eigenvalue weighted by Gasteiger charge is 2.27. The van der Waals surface area contributed by atoms with Crippen LogP contribution < -0.4 is 10.1 Å². The lowest BCUT2D eigenvalue weighted by Crippen LogP contribution is -2.50. The van der Waals surface area contributed by atoms with Crippen LogP contribution >= 0.6 is 0 Å². The summed E-state index contributed by atoms with van der Waals surface area (Å²) in [6.45, 7) is 6.95. The number of piperidine rings is 1. The van der Waals surface area contributed by atoms with E-state index >= 15 is 0 Å². The van der Waals surface area contributed by atoms with E-state index in [0.717, 1.165) is 25.3 Å². The molecule has 0 amide bonds. The zero-order valence-electron chi connectivity index (χ0n) is 13.2. The predicted molar refractivity (Wildman–Crippen MR) is 84.4 cm³/mol. The topological polar surface area (TPSA) is 24.5 Å². The normalized spacial score (nSPS) is 24.6. The van der Waals surface area contributed by atoms with Crippen LogP contribution in [0.1, 0.15) is 25.8 Å². The van der Waals surface area contributed by atoms with Crippen LogP contribution in [0.4, 0.5) is 0 Å². The second-order valence-electron chi connectivity index (χ2n) is 6.07. The molecule has 3 heteroatoms. The first-order chi connectivity index (χ1) is 9.63. The maximum Gasteiger partial charge on any atom is 0.122 e. The summed E-state index contributed by atoms with van der Waals surface area (Å²) >= 11 is 0. The van der Waals surface area contributed by atoms with Crippen LogP contribution in [0.25, 0.3) is 0 Å². The minimum atomic E-state index is 0.525. The molecule has 0 aliphatic carbocycles. The predicted octanol–water partition coefficient (Wildman–Crippen LogP) is 2.56. The summed E-state index contributed by atoms with van der Waals surface area (Å²) in [4.78, 5) is 2.55. The lowest BCUT2D eigenvalue weighted by molar-refractivity contribution is 0.111. The minimum Gasteiger partial charge on any atom is -0.496 e. The molecule has 1 aliphatic rings. The summed E-state index contributed by atoms with van der Waals surface area (Å²) in [6.07, 6.45) is 2.28. The van der Waals surface area contributed by atoms with Crippen molar-refractivity contribution in [3.05, 3.63) is 29.8 Å². The van der Waals surface area contributed by atoms with Gasteiger partial charge in [0.25, 0.3) is 0 Å². The molecule has 1 N–H and O–H groups in total. The number of hydrogen-bond donors (Lipinski definition) is 1. The second-order valence-corrected chi connectivity index (χ2v) is 6.07. The van der Waals surface area contributed by atoms with E-state index in [-0.39, 0.29) is 0 Å². The molecule has 1 aromatic rings. The summed E-state index contributed by atoms with van der Waals surface area (Å²) in [7, 11) is 4.02. The molecule has 0 aromatic heterocycles. The molecule has 20 heavy (non-hydrogen) atoms. The third kappa shape index (κ3) is 3.53. The molecule has 1 heterocycles. The molecule has 1 aliphatic heterocycles. The Balaban J connectivity index is 2.01. The van der Waals surface area contributed by atoms with Crippen LogP contribution in [0.5, 0.6) is 5.75 Å². The van der Waals surface area contributed by atoms with Crippen molar-refractivity contribution in [2.24, 2.45) is 5.92 Å². The first-order valence-electron chi connectivity index (χ1n) is 7.68. The Morgan fingerprint density at radius 1 is 1.40 bits per heavy atom. The van der Waals surface area contributed by atoms with Gasteiger partial charge in [0, 0.05) is 12.1 Å². The Kier molecular flexibility index (Phi) is 5.44. The standard InChI is InChI=1S/C17H28N2O/c1-13-12-18-10-9-16(13)19(3)14(2)11-15-7-5-6-8-17(15)20-4/h5-8,13-14,16,18H,9-12H2,1-4H3. The number of hydrogen-bond acceptors (Lipinski definition) is 3. The molecule has 2 rings (SSSR count). The van der Waals surface area contributed by atoms with Gasteiger partial charge < -0.3 is 15.0 Å². The van der Waals surface area contributed by atoms with E-state index in [4.69, 9.17) is 4.74 Å². The fourth-order valence-corrected chi connectivity index (χ4v) is 3.27. The van der Waals surface area contributed by atoms with Gasteiger partial charge in [-0.3, -0.25) is 0 Å². The van der Waals surface area contributed by atoms with Crippen molar-refractivity contribution in [3.63, 3.8) is 0 Å². The number of rotatable bonds is 5. The molecule has 112 valence electrons. The molecular weight excluding hydrogens is 248 g/mol. The Morgan fingerprint density at radius 2 is 2.15 bits per heavy atom. The molecule has 3 nitrogen and oxygen atoms in total. The van der Waals surface area contributed by atoms with E-state index in [2.05, 4.69) is 49.3 Å². The molecule has 1 aromatic carbocycles. The Labute approximate surface area is 123 Å². The maximum absolute atomic E-state index is 5.46. The van der Waals surface area contributed by atoms with Gasteiger partial charge in [0.15, 0.2) is 0 Å². The van der Waals surface area contributed by atoms with Gasteiger partial charge >= 0.3 is 0 Å². The van der Waals surface area contributed by atoms with Crippen LogP contribution in [0, 0.1) is 5.92 Å². The fraction of sp³-hybridized carbons (Fsp3) is 0.647. The molecule has 0 spiro atoms. The van der Waals surface area contributed by atoms with Crippen molar-refractivity contribution in [1.29, 1.82) is 0 Å². The monoisotopic (exact) mass is 276 g/mol. The summed E-state index contributed by atoms with van der Waals surface area (Å²) in [5.41, 5.74) is 1.30. The molecule has 1 fully saturated rings. The molecular formula is C17H28N2O. The SMILES string of the molecule is COc1ccccc1CC(C)N(C)C1CCNCC1C. The smallest absolute Gasteiger partial charge is 0.122 e. The number of benzene rings is 1. The van der Waals surface area contributed by atoms with Crippen molar-refractivity contribution >= 4 is 0 Å². The highest BCUT2D eigenvalue weighted by Crippen LogP contribution is 2.23. The zero-order chi connectivity index (χ0) is 14.5. The first kappa shape index (κ1) is 15.3. The number of para-hydroxylation sites is 1. The summed E-state index contributed by atoms with van der Waals surface area (Å²) < 4.78 is 5.46. The fourth-order valence-electron chi connectivity index (χ4n) is 3.27. The van der Waals surface area contributed by atoms with Gasteiger partial charge in [-0.15, -0.1) is 0 Å². The van der Waals surface area contributed by atoms with E-state index in [1.165, 1.54) is 12.0 Å². The highest BCUT2D eigenvalue weighted by atomic mass is 16.5. The Bertz CT molecular complexity index is 421. The van der Waals surface area contributed by atoms with Crippen molar-refractivity contribution in [2.45, 2.75) is 38.8 Å². The van der Waals surface area contributed by atoms with Gasteiger partial charge in [-0.2, -0.15) is 0 Å². The average Bonchev–Trinajstić information content (AvgIpc) is 2.47. The molecule has 0 saturated carbocycles. The van der Waals surface area contributed by atoms with E-state index < -0.39 is 0 Å². The lowest BCUT2D eigenvalue weighted by atomic mass is 9.92. The first-order valence-corrected chi connectivity index (χ1v) is 7.68. The Morgan fingerprint density at radius 3 is 2.85 bits per heavy atom. The summed E-state index contributed by atoms with van der Waals surface area (Å²) in [6, 6.07) is 9.56. The van der Waals surface area contributed by atoms with Crippen LogP contribution in [-0.4, -0.2) is 44.2 Å². The van der Waals surface area contributed by atoms with E-state index in [0.29, 0.717) is 18.0 Å². The maximum atomic E-state index is 5.46. The van der Waals surface area contributed by atoms with Crippen molar-refractivity contribution in [1.82, 2.24) is 10.2 Å². The van der Waals surface area contributed by atoms with Crippen LogP contribution in [0.15, 0.2) is 24.3 Å². The average molecular weight is 276 g/mol. The quantitative estimate of drug-likeness (QED) is 0.894. The molecule has 3 unspecified atom stereocenters. The number of nitrogens with zero attached hydrogens (tertiary/aromatic N) is 1. The molecule has 1 saturated heterocycles. The van der Waals surface area contributed by atoms with Gasteiger partial charge in [-0.05, 0) is 57.5 Å². The number of ether oxygens (including phenoxy) is 1. The third-order valence-corrected chi connectivity index (χ3v) is 4.67. The molecule has 0 radical (unpaired) electrons. The van der Waals surface area contributed by atoms with E-state index in [1.54, 1.807) is 7.11 Å².